The zero-order chi connectivity index (χ0) is 46.4. The fourth-order valence-corrected chi connectivity index (χ4v) is 5.36. The number of hydrogen-bond acceptors (Lipinski definition) is 14. The minimum atomic E-state index is -1.72. The van der Waals surface area contributed by atoms with Gasteiger partial charge in [0.1, 0.15) is 42.3 Å². The van der Waals surface area contributed by atoms with E-state index in [9.17, 15) is 53.7 Å². The Morgan fingerprint density at radius 3 is 1.64 bits per heavy atom. The lowest BCUT2D eigenvalue weighted by atomic mass is 9.96. The van der Waals surface area contributed by atoms with Gasteiger partial charge < -0.3 is 80.0 Å². The summed E-state index contributed by atoms with van der Waals surface area (Å²) >= 11 is 0. The molecule has 24 nitrogen and oxygen atoms in total. The number of aliphatic imine (C=N–C) groups is 1. The van der Waals surface area contributed by atoms with Crippen LogP contribution in [0.2, 0.25) is 0 Å². The number of nitrogens with zero attached hydrogens (tertiary/aromatic N) is 1. The van der Waals surface area contributed by atoms with Crippen LogP contribution in [0.4, 0.5) is 0 Å². The number of aliphatic hydroxyl groups is 4. The molecule has 0 aliphatic heterocycles. The second kappa shape index (κ2) is 29.1. The molecule has 0 saturated heterocycles. The normalized spacial score (nSPS) is 16.0. The molecule has 0 bridgehead atoms. The van der Waals surface area contributed by atoms with E-state index in [-0.39, 0.29) is 51.0 Å². The molecule has 0 radical (unpaired) electrons. The molecule has 352 valence electrons. The van der Waals surface area contributed by atoms with E-state index in [2.05, 4.69) is 36.9 Å². The number of carboxylic acid groups (broad SMARTS) is 1. The molecule has 61 heavy (non-hydrogen) atoms. The average molecular weight is 878 g/mol. The molecule has 0 rings (SSSR count). The van der Waals surface area contributed by atoms with Gasteiger partial charge in [-0.3, -0.25) is 38.6 Å². The van der Waals surface area contributed by atoms with Crippen LogP contribution >= 0.6 is 0 Å². The third-order valence-electron chi connectivity index (χ3n) is 9.18. The van der Waals surface area contributed by atoms with Crippen molar-refractivity contribution in [3.63, 3.8) is 0 Å². The average Bonchev–Trinajstić information content (AvgIpc) is 3.17. The fraction of sp³-hybridized carbons (Fsp3) is 0.757. The van der Waals surface area contributed by atoms with Gasteiger partial charge in [0.15, 0.2) is 5.96 Å². The summed E-state index contributed by atoms with van der Waals surface area (Å²) in [6, 6.07) is -10.3. The van der Waals surface area contributed by atoms with Gasteiger partial charge in [-0.25, -0.2) is 4.79 Å². The lowest BCUT2D eigenvalue weighted by Crippen LogP contribution is -2.62. The Labute approximate surface area is 356 Å². The van der Waals surface area contributed by atoms with Gasteiger partial charge in [-0.1, -0.05) is 55.4 Å². The molecular formula is C37H71N11O13. The first-order valence-corrected chi connectivity index (χ1v) is 19.6. The Morgan fingerprint density at radius 1 is 0.656 bits per heavy atom. The zero-order valence-electron chi connectivity index (χ0n) is 35.3. The van der Waals surface area contributed by atoms with Gasteiger partial charge in [0.2, 0.25) is 41.4 Å². The molecule has 24 heteroatoms. The van der Waals surface area contributed by atoms with E-state index >= 15 is 0 Å². The minimum Gasteiger partial charge on any atom is -0.480 e. The zero-order valence-corrected chi connectivity index (χ0v) is 35.3. The van der Waals surface area contributed by atoms with Crippen LogP contribution in [0, 0.1) is 17.8 Å². The summed E-state index contributed by atoms with van der Waals surface area (Å²) in [7, 11) is 0. The van der Waals surface area contributed by atoms with Crippen LogP contribution in [0.3, 0.4) is 0 Å². The van der Waals surface area contributed by atoms with Gasteiger partial charge in [-0.05, 0) is 43.9 Å². The smallest absolute Gasteiger partial charge is 0.328 e. The number of guanidine groups is 1. The maximum Gasteiger partial charge on any atom is 0.328 e. The summed E-state index contributed by atoms with van der Waals surface area (Å²) in [4.78, 5) is 107. The number of nitrogens with one attached hydrogen (secondary N) is 7. The van der Waals surface area contributed by atoms with Crippen molar-refractivity contribution in [2.75, 3.05) is 26.3 Å². The number of nitrogens with two attached hydrogens (primary N) is 3. The third kappa shape index (κ3) is 21.3. The summed E-state index contributed by atoms with van der Waals surface area (Å²) in [5.74, 6) is -9.42. The van der Waals surface area contributed by atoms with E-state index < -0.39 is 127 Å². The highest BCUT2D eigenvalue weighted by Gasteiger charge is 2.36. The number of aliphatic hydroxyl groups excluding tert-OH is 4. The van der Waals surface area contributed by atoms with Crippen LogP contribution in [0.25, 0.3) is 0 Å². The number of aliphatic carboxylic acids is 1. The van der Waals surface area contributed by atoms with Gasteiger partial charge >= 0.3 is 5.97 Å². The van der Waals surface area contributed by atoms with Crippen molar-refractivity contribution in [3.8, 4) is 0 Å². The molecular weight excluding hydrogens is 806 g/mol. The van der Waals surface area contributed by atoms with Gasteiger partial charge in [0.25, 0.3) is 0 Å². The standard InChI is InChI=1S/C36H67N11O13.CH4/c1-8-18(6)26(34(58)47-27(19(7)50)33(57)41-13-24(51)42-22(14-48)31(55)45-23(15-49)35(59)60)46-29(53)20(10-9-11-40-36(38)39)43-30(54)21(12-16(2)3)44-32(56)25(37)28(52)17(4)5;/h16-23,25-28,48-50,52H,8-15,37H2,1-7H3,(H,41,57)(H,42,51)(H,43,54)(H,44,56)(H,45,55)(H,46,53)(H,47,58)(H,59,60)(H4,38,39,40);1H4/t18-,19-,20+,21-,22-,23-,25-,26-,27-,28+;/m0./s1. The largest absolute Gasteiger partial charge is 0.480 e. The lowest BCUT2D eigenvalue weighted by Gasteiger charge is -2.30. The van der Waals surface area contributed by atoms with Crippen molar-refractivity contribution in [2.24, 2.45) is 39.9 Å². The predicted molar refractivity (Wildman–Crippen MR) is 222 cm³/mol. The molecule has 0 aromatic heterocycles. The molecule has 0 fully saturated rings. The Kier molecular flexibility index (Phi) is 27.7. The fourth-order valence-electron chi connectivity index (χ4n) is 5.36. The van der Waals surface area contributed by atoms with E-state index in [4.69, 9.17) is 27.4 Å². The molecule has 0 aliphatic carbocycles. The van der Waals surface area contributed by atoms with Crippen molar-refractivity contribution in [1.82, 2.24) is 37.2 Å². The first kappa shape index (κ1) is 57.9. The highest BCUT2D eigenvalue weighted by Crippen LogP contribution is 2.13. The molecule has 0 aromatic carbocycles. The predicted octanol–water partition coefficient (Wildman–Crippen LogP) is -5.41. The molecule has 7 amide bonds. The summed E-state index contributed by atoms with van der Waals surface area (Å²) in [6.07, 6.45) is -2.18. The lowest BCUT2D eigenvalue weighted by molar-refractivity contribution is -0.143. The van der Waals surface area contributed by atoms with Gasteiger partial charge in [-0.2, -0.15) is 0 Å². The Balaban J connectivity index is 0. The third-order valence-corrected chi connectivity index (χ3v) is 9.18. The van der Waals surface area contributed by atoms with Crippen molar-refractivity contribution in [1.29, 1.82) is 0 Å². The van der Waals surface area contributed by atoms with Crippen molar-refractivity contribution < 1.29 is 63.9 Å². The molecule has 0 unspecified atom stereocenters. The van der Waals surface area contributed by atoms with E-state index in [0.717, 1.165) is 0 Å². The molecule has 0 aliphatic rings. The van der Waals surface area contributed by atoms with E-state index in [0.29, 0.717) is 6.42 Å². The maximum atomic E-state index is 13.9. The van der Waals surface area contributed by atoms with Crippen LogP contribution in [-0.2, 0) is 38.4 Å². The second-order valence-corrected chi connectivity index (χ2v) is 15.2. The minimum absolute atomic E-state index is 0. The van der Waals surface area contributed by atoms with E-state index in [1.54, 1.807) is 41.5 Å². The number of carbonyl (C=O) groups is 8. The Hall–Kier alpha value is -5.17. The number of carbonyl (C=O) groups excluding carboxylic acids is 7. The van der Waals surface area contributed by atoms with Crippen molar-refractivity contribution in [3.05, 3.63) is 0 Å². The van der Waals surface area contributed by atoms with Gasteiger partial charge in [0.05, 0.1) is 32.0 Å². The number of carboxylic acids is 1. The van der Waals surface area contributed by atoms with Crippen LogP contribution in [-0.4, -0.2) is 160 Å². The molecule has 0 spiro atoms. The summed E-state index contributed by atoms with van der Waals surface area (Å²) in [6.45, 7) is 8.71. The summed E-state index contributed by atoms with van der Waals surface area (Å²) in [5, 5.41) is 64.7. The molecule has 0 aromatic rings. The second-order valence-electron chi connectivity index (χ2n) is 15.2. The van der Waals surface area contributed by atoms with Gasteiger partial charge in [-0.15, -0.1) is 0 Å². The van der Waals surface area contributed by atoms with E-state index in [1.807, 2.05) is 5.32 Å². The number of rotatable bonds is 28. The highest BCUT2D eigenvalue weighted by atomic mass is 16.4. The SMILES string of the molecule is C.CC[C@H](C)[C@H](NC(=O)[C@@H](CCCN=C(N)N)NC(=O)[C@H](CC(C)C)NC(=O)[C@@H](N)[C@H](O)C(C)C)C(=O)N[C@H](C(=O)NCC(=O)N[C@@H](CO)C(=O)N[C@@H](CO)C(=O)O)[C@H](C)O. The number of hydrogen-bond donors (Lipinski definition) is 15. The topological polar surface area (TPSA) is 412 Å². The molecule has 18 N–H and O–H groups in total. The van der Waals surface area contributed by atoms with E-state index in [1.165, 1.54) is 6.92 Å². The van der Waals surface area contributed by atoms with Crippen LogP contribution in [0.5, 0.6) is 0 Å². The molecule has 0 heterocycles. The first-order chi connectivity index (χ1) is 27.9. The Bertz CT molecular complexity index is 1480. The highest BCUT2D eigenvalue weighted by molar-refractivity contribution is 5.97. The van der Waals surface area contributed by atoms with Crippen LogP contribution < -0.4 is 54.4 Å². The summed E-state index contributed by atoms with van der Waals surface area (Å²) < 4.78 is 0. The molecule has 10 atom stereocenters. The monoisotopic (exact) mass is 878 g/mol. The van der Waals surface area contributed by atoms with Gasteiger partial charge in [0, 0.05) is 6.54 Å². The molecule has 0 saturated carbocycles. The van der Waals surface area contributed by atoms with Crippen molar-refractivity contribution >= 4 is 53.3 Å². The maximum absolute atomic E-state index is 13.9. The first-order valence-electron chi connectivity index (χ1n) is 19.6. The van der Waals surface area contributed by atoms with Crippen LogP contribution in [0.1, 0.15) is 81.6 Å². The quantitative estimate of drug-likeness (QED) is 0.0198. The number of amides is 7. The van der Waals surface area contributed by atoms with Crippen LogP contribution in [0.15, 0.2) is 4.99 Å². The summed E-state index contributed by atoms with van der Waals surface area (Å²) in [5.41, 5.74) is 16.8. The van der Waals surface area contributed by atoms with Crippen molar-refractivity contribution in [2.45, 2.75) is 136 Å². The Morgan fingerprint density at radius 2 is 1.16 bits per heavy atom.